The van der Waals surface area contributed by atoms with Crippen molar-refractivity contribution in [2.24, 2.45) is 0 Å². The Labute approximate surface area is 136 Å². The highest BCUT2D eigenvalue weighted by atomic mass is 16.5. The van der Waals surface area contributed by atoms with Crippen LogP contribution in [0.15, 0.2) is 18.2 Å². The molecule has 0 unspecified atom stereocenters. The molecule has 2 rings (SSSR count). The molecule has 1 aromatic rings. The molecule has 0 aromatic heterocycles. The third-order valence-electron chi connectivity index (χ3n) is 3.94. The Morgan fingerprint density at radius 3 is 2.17 bits per heavy atom. The van der Waals surface area contributed by atoms with E-state index in [2.05, 4.69) is 5.32 Å². The van der Waals surface area contributed by atoms with Crippen molar-refractivity contribution >= 4 is 11.9 Å². The maximum Gasteiger partial charge on any atom is 0.339 e. The first-order valence-electron chi connectivity index (χ1n) is 7.78. The summed E-state index contributed by atoms with van der Waals surface area (Å²) >= 11 is 0. The summed E-state index contributed by atoms with van der Waals surface area (Å²) in [5.41, 5.74) is 0.279. The SMILES string of the molecule is COc1cc(OC)cc(C(=O)O[C@@H](C)C(=O)NC2CCCC2)c1. The number of nitrogens with one attached hydrogen (secondary N) is 1. The number of rotatable bonds is 6. The van der Waals surface area contributed by atoms with Gasteiger partial charge in [0.15, 0.2) is 6.10 Å². The summed E-state index contributed by atoms with van der Waals surface area (Å²) in [6.45, 7) is 1.57. The summed E-state index contributed by atoms with van der Waals surface area (Å²) in [6, 6.07) is 4.95. The van der Waals surface area contributed by atoms with E-state index < -0.39 is 12.1 Å². The van der Waals surface area contributed by atoms with Gasteiger partial charge in [0.2, 0.25) is 0 Å². The molecule has 6 heteroatoms. The lowest BCUT2D eigenvalue weighted by Gasteiger charge is -2.17. The molecule has 1 aromatic carbocycles. The molecular formula is C17H23NO5. The fourth-order valence-electron chi connectivity index (χ4n) is 2.60. The number of carbonyl (C=O) groups excluding carboxylic acids is 2. The Kier molecular flexibility index (Phi) is 5.84. The van der Waals surface area contributed by atoms with Crippen LogP contribution in [0.5, 0.6) is 11.5 Å². The summed E-state index contributed by atoms with van der Waals surface area (Å²) in [4.78, 5) is 24.3. The molecule has 1 atom stereocenters. The lowest BCUT2D eigenvalue weighted by atomic mass is 10.2. The molecule has 1 aliphatic carbocycles. The van der Waals surface area contributed by atoms with E-state index in [1.165, 1.54) is 14.2 Å². The average molecular weight is 321 g/mol. The highest BCUT2D eigenvalue weighted by Crippen LogP contribution is 2.23. The summed E-state index contributed by atoms with van der Waals surface area (Å²) in [5, 5.41) is 2.92. The standard InChI is InChI=1S/C17H23NO5/c1-11(16(19)18-13-6-4-5-7-13)23-17(20)12-8-14(21-2)10-15(9-12)22-3/h8-11,13H,4-7H2,1-3H3,(H,18,19)/t11-/m0/s1. The molecule has 126 valence electrons. The largest absolute Gasteiger partial charge is 0.497 e. The van der Waals surface area contributed by atoms with Gasteiger partial charge >= 0.3 is 5.97 Å². The molecular weight excluding hydrogens is 298 g/mol. The third kappa shape index (κ3) is 4.61. The van der Waals surface area contributed by atoms with Crippen molar-refractivity contribution in [3.63, 3.8) is 0 Å². The second-order valence-electron chi connectivity index (χ2n) is 5.64. The van der Waals surface area contributed by atoms with E-state index in [1.54, 1.807) is 25.1 Å². The number of esters is 1. The zero-order valence-corrected chi connectivity index (χ0v) is 13.8. The minimum absolute atomic E-state index is 0.195. The Morgan fingerprint density at radius 2 is 1.65 bits per heavy atom. The van der Waals surface area contributed by atoms with Crippen LogP contribution in [0.3, 0.4) is 0 Å². The maximum absolute atomic E-state index is 12.2. The van der Waals surface area contributed by atoms with Crippen molar-refractivity contribution in [2.75, 3.05) is 14.2 Å². The van der Waals surface area contributed by atoms with Crippen molar-refractivity contribution in [3.8, 4) is 11.5 Å². The second kappa shape index (κ2) is 7.85. The van der Waals surface area contributed by atoms with Gasteiger partial charge < -0.3 is 19.5 Å². The van der Waals surface area contributed by atoms with Crippen LogP contribution in [0.2, 0.25) is 0 Å². The van der Waals surface area contributed by atoms with E-state index >= 15 is 0 Å². The predicted molar refractivity (Wildman–Crippen MR) is 84.8 cm³/mol. The number of benzene rings is 1. The molecule has 1 amide bonds. The molecule has 1 N–H and O–H groups in total. The van der Waals surface area contributed by atoms with Gasteiger partial charge in [-0.3, -0.25) is 4.79 Å². The Balaban J connectivity index is 1.98. The molecule has 0 aliphatic heterocycles. The smallest absolute Gasteiger partial charge is 0.339 e. The van der Waals surface area contributed by atoms with Crippen LogP contribution in [0.1, 0.15) is 43.0 Å². The molecule has 0 heterocycles. The first kappa shape index (κ1) is 17.1. The van der Waals surface area contributed by atoms with Crippen molar-refractivity contribution in [1.82, 2.24) is 5.32 Å². The van der Waals surface area contributed by atoms with Gasteiger partial charge in [-0.2, -0.15) is 0 Å². The normalized spacial score (nSPS) is 15.8. The fourth-order valence-corrected chi connectivity index (χ4v) is 2.60. The topological polar surface area (TPSA) is 73.9 Å². The van der Waals surface area contributed by atoms with E-state index in [-0.39, 0.29) is 17.5 Å². The van der Waals surface area contributed by atoms with Crippen LogP contribution in [0.4, 0.5) is 0 Å². The summed E-state index contributed by atoms with van der Waals surface area (Å²) in [7, 11) is 3.00. The number of ether oxygens (including phenoxy) is 3. The summed E-state index contributed by atoms with van der Waals surface area (Å²) in [6.07, 6.45) is 3.38. The average Bonchev–Trinajstić information content (AvgIpc) is 3.06. The van der Waals surface area contributed by atoms with E-state index in [1.807, 2.05) is 0 Å². The Hall–Kier alpha value is -2.24. The van der Waals surface area contributed by atoms with Crippen molar-refractivity contribution in [1.29, 1.82) is 0 Å². The molecule has 1 saturated carbocycles. The van der Waals surface area contributed by atoms with E-state index in [9.17, 15) is 9.59 Å². The summed E-state index contributed by atoms with van der Waals surface area (Å²) < 4.78 is 15.5. The first-order chi connectivity index (χ1) is 11.0. The molecule has 6 nitrogen and oxygen atoms in total. The van der Waals surface area contributed by atoms with Crippen molar-refractivity contribution < 1.29 is 23.8 Å². The van der Waals surface area contributed by atoms with Gasteiger partial charge in [-0.05, 0) is 31.9 Å². The fraction of sp³-hybridized carbons (Fsp3) is 0.529. The minimum atomic E-state index is -0.847. The maximum atomic E-state index is 12.2. The lowest BCUT2D eigenvalue weighted by Crippen LogP contribution is -2.40. The van der Waals surface area contributed by atoms with E-state index in [0.29, 0.717) is 11.5 Å². The van der Waals surface area contributed by atoms with Crippen LogP contribution in [0.25, 0.3) is 0 Å². The quantitative estimate of drug-likeness (QED) is 0.814. The van der Waals surface area contributed by atoms with E-state index in [0.717, 1.165) is 25.7 Å². The second-order valence-corrected chi connectivity index (χ2v) is 5.64. The Morgan fingerprint density at radius 1 is 1.09 bits per heavy atom. The molecule has 23 heavy (non-hydrogen) atoms. The van der Waals surface area contributed by atoms with Gasteiger partial charge in [-0.1, -0.05) is 12.8 Å². The number of amides is 1. The van der Waals surface area contributed by atoms with Gasteiger partial charge in [0.05, 0.1) is 19.8 Å². The van der Waals surface area contributed by atoms with Crippen LogP contribution in [-0.2, 0) is 9.53 Å². The summed E-state index contributed by atoms with van der Waals surface area (Å²) in [5.74, 6) is 0.120. The van der Waals surface area contributed by atoms with Gasteiger partial charge in [-0.25, -0.2) is 4.79 Å². The van der Waals surface area contributed by atoms with E-state index in [4.69, 9.17) is 14.2 Å². The molecule has 1 aliphatic rings. The van der Waals surface area contributed by atoms with Crippen LogP contribution in [0, 0.1) is 0 Å². The number of carbonyl (C=O) groups is 2. The lowest BCUT2D eigenvalue weighted by molar-refractivity contribution is -0.129. The van der Waals surface area contributed by atoms with Gasteiger partial charge in [-0.15, -0.1) is 0 Å². The van der Waals surface area contributed by atoms with Crippen LogP contribution >= 0.6 is 0 Å². The molecule has 1 fully saturated rings. The van der Waals surface area contributed by atoms with Crippen LogP contribution < -0.4 is 14.8 Å². The van der Waals surface area contributed by atoms with Crippen molar-refractivity contribution in [2.45, 2.75) is 44.8 Å². The molecule has 0 saturated heterocycles. The van der Waals surface area contributed by atoms with Gasteiger partial charge in [0.25, 0.3) is 5.91 Å². The molecule has 0 spiro atoms. The minimum Gasteiger partial charge on any atom is -0.497 e. The zero-order valence-electron chi connectivity index (χ0n) is 13.8. The van der Waals surface area contributed by atoms with Crippen molar-refractivity contribution in [3.05, 3.63) is 23.8 Å². The van der Waals surface area contributed by atoms with Gasteiger partial charge in [0.1, 0.15) is 11.5 Å². The Bertz CT molecular complexity index is 544. The zero-order chi connectivity index (χ0) is 16.8. The highest BCUT2D eigenvalue weighted by molar-refractivity contribution is 5.93. The number of hydrogen-bond donors (Lipinski definition) is 1. The third-order valence-corrected chi connectivity index (χ3v) is 3.94. The van der Waals surface area contributed by atoms with Gasteiger partial charge in [0, 0.05) is 12.1 Å². The predicted octanol–water partition coefficient (Wildman–Crippen LogP) is 2.31. The first-order valence-corrected chi connectivity index (χ1v) is 7.78. The molecule has 0 bridgehead atoms. The van der Waals surface area contributed by atoms with Crippen LogP contribution in [-0.4, -0.2) is 38.2 Å². The number of methoxy groups -OCH3 is 2. The molecule has 0 radical (unpaired) electrons. The number of hydrogen-bond acceptors (Lipinski definition) is 5. The monoisotopic (exact) mass is 321 g/mol. The highest BCUT2D eigenvalue weighted by Gasteiger charge is 2.24.